The van der Waals surface area contributed by atoms with Crippen molar-refractivity contribution < 1.29 is 18.0 Å². The average molecular weight is 283 g/mol. The third-order valence-corrected chi connectivity index (χ3v) is 3.82. The molecule has 1 aromatic carbocycles. The zero-order valence-corrected chi connectivity index (χ0v) is 11.0. The number of aromatic nitrogens is 2. The second-order valence-corrected chi connectivity index (χ2v) is 5.62. The van der Waals surface area contributed by atoms with Crippen LogP contribution in [0.4, 0.5) is 0 Å². The van der Waals surface area contributed by atoms with Crippen molar-refractivity contribution in [1.82, 2.24) is 14.9 Å². The third-order valence-electron chi connectivity index (χ3n) is 2.41. The smallest absolute Gasteiger partial charge is 0.240 e. The lowest BCUT2D eigenvalue weighted by molar-refractivity contribution is 0.282. The van der Waals surface area contributed by atoms with Crippen LogP contribution in [-0.2, 0) is 23.2 Å². The summed E-state index contributed by atoms with van der Waals surface area (Å²) in [5.41, 5.74) is 0.646. The second-order valence-electron chi connectivity index (χ2n) is 3.86. The molecule has 0 bridgehead atoms. The van der Waals surface area contributed by atoms with Gasteiger partial charge in [0.2, 0.25) is 15.9 Å². The third kappa shape index (κ3) is 3.37. The van der Waals surface area contributed by atoms with E-state index in [1.165, 1.54) is 12.1 Å². The zero-order chi connectivity index (χ0) is 13.9. The molecule has 0 atom stereocenters. The number of aliphatic hydroxyl groups is 1. The molecule has 0 aliphatic heterocycles. The van der Waals surface area contributed by atoms with Crippen LogP contribution in [0.15, 0.2) is 33.7 Å². The predicted molar refractivity (Wildman–Crippen MR) is 65.4 cm³/mol. The molecule has 0 aliphatic rings. The lowest BCUT2D eigenvalue weighted by atomic mass is 10.2. The molecule has 0 radical (unpaired) electrons. The zero-order valence-electron chi connectivity index (χ0n) is 10.2. The molecule has 19 heavy (non-hydrogen) atoms. The van der Waals surface area contributed by atoms with Crippen molar-refractivity contribution in [3.05, 3.63) is 41.5 Å². The van der Waals surface area contributed by atoms with Crippen LogP contribution in [-0.4, -0.2) is 23.7 Å². The van der Waals surface area contributed by atoms with E-state index in [-0.39, 0.29) is 23.9 Å². The first kappa shape index (κ1) is 13.7. The Hall–Kier alpha value is -1.77. The van der Waals surface area contributed by atoms with Gasteiger partial charge in [0.05, 0.1) is 18.0 Å². The van der Waals surface area contributed by atoms with Crippen molar-refractivity contribution in [1.29, 1.82) is 0 Å². The molecule has 0 spiro atoms. The second kappa shape index (κ2) is 5.47. The van der Waals surface area contributed by atoms with E-state index in [2.05, 4.69) is 14.9 Å². The Labute approximate surface area is 110 Å². The summed E-state index contributed by atoms with van der Waals surface area (Å²) in [6.07, 6.45) is 0. The Morgan fingerprint density at radius 2 is 2.00 bits per heavy atom. The molecule has 2 rings (SSSR count). The van der Waals surface area contributed by atoms with Crippen LogP contribution < -0.4 is 4.72 Å². The molecule has 0 aliphatic carbocycles. The maximum atomic E-state index is 12.0. The normalized spacial score (nSPS) is 11.7. The van der Waals surface area contributed by atoms with Gasteiger partial charge >= 0.3 is 0 Å². The molecule has 0 amide bonds. The van der Waals surface area contributed by atoms with Crippen molar-refractivity contribution in [2.24, 2.45) is 0 Å². The summed E-state index contributed by atoms with van der Waals surface area (Å²) in [6, 6.07) is 5.95. The summed E-state index contributed by atoms with van der Waals surface area (Å²) >= 11 is 0. The van der Waals surface area contributed by atoms with Crippen molar-refractivity contribution in [3.63, 3.8) is 0 Å². The minimum Gasteiger partial charge on any atom is -0.392 e. The summed E-state index contributed by atoms with van der Waals surface area (Å²) < 4.78 is 31.0. The Morgan fingerprint density at radius 3 is 2.53 bits per heavy atom. The SMILES string of the molecule is Cc1nc(CNS(=O)(=O)c2ccc(CO)cc2)no1. The highest BCUT2D eigenvalue weighted by molar-refractivity contribution is 7.89. The highest BCUT2D eigenvalue weighted by atomic mass is 32.2. The van der Waals surface area contributed by atoms with Gasteiger partial charge in [-0.05, 0) is 17.7 Å². The van der Waals surface area contributed by atoms with Gasteiger partial charge in [-0.25, -0.2) is 13.1 Å². The van der Waals surface area contributed by atoms with Crippen LogP contribution in [0, 0.1) is 6.92 Å². The highest BCUT2D eigenvalue weighted by Gasteiger charge is 2.15. The van der Waals surface area contributed by atoms with E-state index in [1.54, 1.807) is 19.1 Å². The molecule has 102 valence electrons. The number of benzene rings is 1. The van der Waals surface area contributed by atoms with Gasteiger partial charge < -0.3 is 9.63 Å². The summed E-state index contributed by atoms with van der Waals surface area (Å²) in [4.78, 5) is 4.01. The fourth-order valence-electron chi connectivity index (χ4n) is 1.43. The fourth-order valence-corrected chi connectivity index (χ4v) is 2.41. The maximum Gasteiger partial charge on any atom is 0.240 e. The van der Waals surface area contributed by atoms with Gasteiger partial charge in [-0.3, -0.25) is 0 Å². The molecule has 0 saturated carbocycles. The van der Waals surface area contributed by atoms with Gasteiger partial charge in [0.15, 0.2) is 5.82 Å². The minimum atomic E-state index is -3.63. The Bertz CT molecular complexity index is 649. The first-order chi connectivity index (χ1) is 9.01. The van der Waals surface area contributed by atoms with E-state index in [0.29, 0.717) is 11.5 Å². The van der Waals surface area contributed by atoms with Crippen molar-refractivity contribution >= 4 is 10.0 Å². The van der Waals surface area contributed by atoms with E-state index >= 15 is 0 Å². The van der Waals surface area contributed by atoms with E-state index in [4.69, 9.17) is 9.63 Å². The van der Waals surface area contributed by atoms with Crippen LogP contribution in [0.1, 0.15) is 17.3 Å². The number of nitrogens with one attached hydrogen (secondary N) is 1. The number of hydrogen-bond acceptors (Lipinski definition) is 6. The summed E-state index contributed by atoms with van der Waals surface area (Å²) in [5, 5.41) is 12.5. The molecular weight excluding hydrogens is 270 g/mol. The Morgan fingerprint density at radius 1 is 1.32 bits per heavy atom. The van der Waals surface area contributed by atoms with Crippen LogP contribution in [0.5, 0.6) is 0 Å². The minimum absolute atomic E-state index is 0.0403. The van der Waals surface area contributed by atoms with Gasteiger partial charge in [0.1, 0.15) is 0 Å². The predicted octanol–water partition coefficient (Wildman–Crippen LogP) is 0.349. The molecule has 2 N–H and O–H groups in total. The standard InChI is InChI=1S/C11H13N3O4S/c1-8-13-11(14-18-8)6-12-19(16,17)10-4-2-9(7-15)3-5-10/h2-5,12,15H,6-7H2,1H3. The topological polar surface area (TPSA) is 105 Å². The lowest BCUT2D eigenvalue weighted by Gasteiger charge is -2.05. The molecule has 0 saturated heterocycles. The average Bonchev–Trinajstić information content (AvgIpc) is 2.82. The van der Waals surface area contributed by atoms with Crippen molar-refractivity contribution in [2.75, 3.05) is 0 Å². The molecule has 7 nitrogen and oxygen atoms in total. The van der Waals surface area contributed by atoms with Gasteiger partial charge in [-0.2, -0.15) is 4.98 Å². The van der Waals surface area contributed by atoms with E-state index < -0.39 is 10.0 Å². The fraction of sp³-hybridized carbons (Fsp3) is 0.273. The first-order valence-corrected chi connectivity index (χ1v) is 6.98. The molecular formula is C11H13N3O4S. The molecule has 1 heterocycles. The summed E-state index contributed by atoms with van der Waals surface area (Å²) in [7, 11) is -3.63. The molecule has 2 aromatic rings. The van der Waals surface area contributed by atoms with E-state index in [1.807, 2.05) is 0 Å². The lowest BCUT2D eigenvalue weighted by Crippen LogP contribution is -2.23. The monoisotopic (exact) mass is 283 g/mol. The van der Waals surface area contributed by atoms with Crippen LogP contribution in [0.3, 0.4) is 0 Å². The Kier molecular flexibility index (Phi) is 3.93. The number of sulfonamides is 1. The highest BCUT2D eigenvalue weighted by Crippen LogP contribution is 2.11. The number of hydrogen-bond donors (Lipinski definition) is 2. The van der Waals surface area contributed by atoms with Crippen LogP contribution in [0.25, 0.3) is 0 Å². The number of nitrogens with zero attached hydrogens (tertiary/aromatic N) is 2. The quantitative estimate of drug-likeness (QED) is 0.820. The van der Waals surface area contributed by atoms with Crippen LogP contribution >= 0.6 is 0 Å². The number of rotatable bonds is 5. The Balaban J connectivity index is 2.09. The van der Waals surface area contributed by atoms with E-state index in [9.17, 15) is 8.42 Å². The van der Waals surface area contributed by atoms with Crippen molar-refractivity contribution in [2.45, 2.75) is 25.0 Å². The molecule has 8 heteroatoms. The maximum absolute atomic E-state index is 12.0. The summed E-state index contributed by atoms with van der Waals surface area (Å²) in [5.74, 6) is 0.648. The first-order valence-electron chi connectivity index (χ1n) is 5.50. The molecule has 1 aromatic heterocycles. The van der Waals surface area contributed by atoms with Gasteiger partial charge in [-0.1, -0.05) is 17.3 Å². The number of aliphatic hydroxyl groups excluding tert-OH is 1. The van der Waals surface area contributed by atoms with Crippen LogP contribution in [0.2, 0.25) is 0 Å². The molecule has 0 fully saturated rings. The van der Waals surface area contributed by atoms with Crippen molar-refractivity contribution in [3.8, 4) is 0 Å². The molecule has 0 unspecified atom stereocenters. The largest absolute Gasteiger partial charge is 0.392 e. The van der Waals surface area contributed by atoms with Gasteiger partial charge in [-0.15, -0.1) is 0 Å². The van der Waals surface area contributed by atoms with Gasteiger partial charge in [0.25, 0.3) is 0 Å². The summed E-state index contributed by atoms with van der Waals surface area (Å²) in [6.45, 7) is 1.45. The van der Waals surface area contributed by atoms with Gasteiger partial charge in [0, 0.05) is 6.92 Å². The number of aryl methyl sites for hydroxylation is 1. The van der Waals surface area contributed by atoms with E-state index in [0.717, 1.165) is 0 Å².